The summed E-state index contributed by atoms with van der Waals surface area (Å²) in [7, 11) is 0. The molecule has 1 nitrogen and oxygen atoms in total. The lowest BCUT2D eigenvalue weighted by atomic mass is 9.74. The summed E-state index contributed by atoms with van der Waals surface area (Å²) in [5.41, 5.74) is 3.24. The van der Waals surface area contributed by atoms with Crippen LogP contribution in [0, 0.1) is 17.8 Å². The first-order valence-electron chi connectivity index (χ1n) is 8.69. The van der Waals surface area contributed by atoms with E-state index < -0.39 is 0 Å². The second-order valence-corrected chi connectivity index (χ2v) is 7.19. The first-order chi connectivity index (χ1) is 9.88. The SMILES string of the molecule is CCNC(CC1Cc2ccccc21)C1C2CCCCC21. The predicted octanol–water partition coefficient (Wildman–Crippen LogP) is 4.13. The van der Waals surface area contributed by atoms with Crippen molar-refractivity contribution in [3.05, 3.63) is 35.4 Å². The highest BCUT2D eigenvalue weighted by atomic mass is 14.9. The van der Waals surface area contributed by atoms with E-state index in [1.165, 1.54) is 38.5 Å². The molecular weight excluding hydrogens is 242 g/mol. The van der Waals surface area contributed by atoms with Crippen LogP contribution in [0.5, 0.6) is 0 Å². The highest BCUT2D eigenvalue weighted by molar-refractivity contribution is 5.40. The lowest BCUT2D eigenvalue weighted by Gasteiger charge is -2.33. The minimum atomic E-state index is 0.784. The third-order valence-corrected chi connectivity index (χ3v) is 6.15. The van der Waals surface area contributed by atoms with Gasteiger partial charge < -0.3 is 5.32 Å². The topological polar surface area (TPSA) is 12.0 Å². The van der Waals surface area contributed by atoms with Crippen LogP contribution in [0.4, 0.5) is 0 Å². The molecule has 3 aliphatic carbocycles. The van der Waals surface area contributed by atoms with Crippen LogP contribution < -0.4 is 5.32 Å². The molecule has 108 valence electrons. The van der Waals surface area contributed by atoms with Crippen molar-refractivity contribution in [1.82, 2.24) is 5.32 Å². The molecule has 0 amide bonds. The van der Waals surface area contributed by atoms with Crippen LogP contribution in [0.2, 0.25) is 0 Å². The van der Waals surface area contributed by atoms with Crippen LogP contribution in [0.15, 0.2) is 24.3 Å². The number of hydrogen-bond acceptors (Lipinski definition) is 1. The molecule has 4 atom stereocenters. The molecule has 0 aromatic heterocycles. The minimum absolute atomic E-state index is 0.784. The molecule has 0 bridgehead atoms. The van der Waals surface area contributed by atoms with Gasteiger partial charge in [-0.2, -0.15) is 0 Å². The molecule has 2 fully saturated rings. The number of nitrogens with one attached hydrogen (secondary N) is 1. The van der Waals surface area contributed by atoms with Crippen molar-refractivity contribution < 1.29 is 0 Å². The molecule has 1 aromatic carbocycles. The van der Waals surface area contributed by atoms with Gasteiger partial charge in [0.25, 0.3) is 0 Å². The van der Waals surface area contributed by atoms with Crippen LogP contribution in [-0.2, 0) is 6.42 Å². The summed E-state index contributed by atoms with van der Waals surface area (Å²) < 4.78 is 0. The first kappa shape index (κ1) is 12.9. The van der Waals surface area contributed by atoms with Gasteiger partial charge >= 0.3 is 0 Å². The van der Waals surface area contributed by atoms with E-state index in [0.29, 0.717) is 0 Å². The fourth-order valence-electron chi connectivity index (χ4n) is 5.16. The Bertz CT molecular complexity index is 468. The first-order valence-corrected chi connectivity index (χ1v) is 8.69. The smallest absolute Gasteiger partial charge is 0.0107 e. The van der Waals surface area contributed by atoms with Crippen molar-refractivity contribution in [3.63, 3.8) is 0 Å². The summed E-state index contributed by atoms with van der Waals surface area (Å²) in [5.74, 6) is 3.98. The van der Waals surface area contributed by atoms with Crippen LogP contribution in [0.3, 0.4) is 0 Å². The van der Waals surface area contributed by atoms with E-state index in [1.807, 2.05) is 0 Å². The number of hydrogen-bond donors (Lipinski definition) is 1. The summed E-state index contributed by atoms with van der Waals surface area (Å²) in [6, 6.07) is 9.85. The quantitative estimate of drug-likeness (QED) is 0.847. The zero-order valence-corrected chi connectivity index (χ0v) is 12.6. The normalized spacial score (nSPS) is 35.6. The van der Waals surface area contributed by atoms with Crippen molar-refractivity contribution in [2.45, 2.75) is 57.4 Å². The van der Waals surface area contributed by atoms with Gasteiger partial charge in [0.15, 0.2) is 0 Å². The Morgan fingerprint density at radius 2 is 1.90 bits per heavy atom. The molecular formula is C19H27N. The summed E-state index contributed by atoms with van der Waals surface area (Å²) in [4.78, 5) is 0. The van der Waals surface area contributed by atoms with Gasteiger partial charge in [0.05, 0.1) is 0 Å². The van der Waals surface area contributed by atoms with Crippen LogP contribution in [-0.4, -0.2) is 12.6 Å². The Morgan fingerprint density at radius 3 is 2.60 bits per heavy atom. The van der Waals surface area contributed by atoms with E-state index >= 15 is 0 Å². The van der Waals surface area contributed by atoms with E-state index in [0.717, 1.165) is 36.3 Å². The van der Waals surface area contributed by atoms with Crippen molar-refractivity contribution in [1.29, 1.82) is 0 Å². The Balaban J connectivity index is 1.43. The summed E-state index contributed by atoms with van der Waals surface area (Å²) in [6.45, 7) is 3.41. The van der Waals surface area contributed by atoms with E-state index in [9.17, 15) is 0 Å². The molecule has 0 spiro atoms. The minimum Gasteiger partial charge on any atom is -0.314 e. The lowest BCUT2D eigenvalue weighted by molar-refractivity contribution is 0.369. The molecule has 20 heavy (non-hydrogen) atoms. The van der Waals surface area contributed by atoms with Crippen molar-refractivity contribution >= 4 is 0 Å². The highest BCUT2D eigenvalue weighted by Gasteiger charge is 2.54. The second-order valence-electron chi connectivity index (χ2n) is 7.19. The molecule has 4 unspecified atom stereocenters. The number of fused-ring (bicyclic) bond motifs is 2. The van der Waals surface area contributed by atoms with E-state index in [1.54, 1.807) is 11.1 Å². The maximum absolute atomic E-state index is 3.83. The van der Waals surface area contributed by atoms with Gasteiger partial charge in [-0.3, -0.25) is 0 Å². The molecule has 0 saturated heterocycles. The van der Waals surface area contributed by atoms with Gasteiger partial charge in [-0.15, -0.1) is 0 Å². The van der Waals surface area contributed by atoms with Crippen molar-refractivity contribution in [2.24, 2.45) is 17.8 Å². The van der Waals surface area contributed by atoms with Gasteiger partial charge in [-0.1, -0.05) is 44.0 Å². The monoisotopic (exact) mass is 269 g/mol. The Hall–Kier alpha value is -0.820. The molecule has 1 heteroatoms. The molecule has 0 radical (unpaired) electrons. The fourth-order valence-corrected chi connectivity index (χ4v) is 5.16. The third-order valence-electron chi connectivity index (χ3n) is 6.15. The summed E-state index contributed by atoms with van der Waals surface area (Å²) >= 11 is 0. The zero-order valence-electron chi connectivity index (χ0n) is 12.6. The molecule has 2 saturated carbocycles. The van der Waals surface area contributed by atoms with E-state index in [-0.39, 0.29) is 0 Å². The molecule has 3 aliphatic rings. The second kappa shape index (κ2) is 5.18. The fraction of sp³-hybridized carbons (Fsp3) is 0.684. The van der Waals surface area contributed by atoms with Crippen molar-refractivity contribution in [2.75, 3.05) is 6.54 Å². The number of rotatable bonds is 5. The average Bonchev–Trinajstić information content (AvgIpc) is 3.18. The maximum atomic E-state index is 3.83. The molecule has 1 N–H and O–H groups in total. The van der Waals surface area contributed by atoms with Gasteiger partial charge in [-0.25, -0.2) is 0 Å². The van der Waals surface area contributed by atoms with Crippen LogP contribution in [0.1, 0.15) is 56.1 Å². The van der Waals surface area contributed by atoms with Crippen LogP contribution >= 0.6 is 0 Å². The molecule has 4 rings (SSSR count). The Morgan fingerprint density at radius 1 is 1.15 bits per heavy atom. The van der Waals surface area contributed by atoms with Gasteiger partial charge in [0.1, 0.15) is 0 Å². The standard InChI is InChI=1S/C19H27N/c1-2-20-18(19-16-9-5-6-10-17(16)19)12-14-11-13-7-3-4-8-15(13)14/h3-4,7-8,14,16-20H,2,5-6,9-12H2,1H3. The highest BCUT2D eigenvalue weighted by Crippen LogP contribution is 2.58. The molecule has 1 aromatic rings. The Kier molecular flexibility index (Phi) is 3.34. The number of benzene rings is 1. The van der Waals surface area contributed by atoms with Gasteiger partial charge in [-0.05, 0) is 67.0 Å². The van der Waals surface area contributed by atoms with Gasteiger partial charge in [0.2, 0.25) is 0 Å². The van der Waals surface area contributed by atoms with Gasteiger partial charge in [0, 0.05) is 6.04 Å². The molecule has 0 heterocycles. The van der Waals surface area contributed by atoms with E-state index in [4.69, 9.17) is 0 Å². The maximum Gasteiger partial charge on any atom is 0.0107 e. The largest absolute Gasteiger partial charge is 0.314 e. The summed E-state index contributed by atoms with van der Waals surface area (Å²) in [5, 5.41) is 3.83. The lowest BCUT2D eigenvalue weighted by Crippen LogP contribution is -2.35. The zero-order chi connectivity index (χ0) is 13.5. The Labute approximate surface area is 123 Å². The summed E-state index contributed by atoms with van der Waals surface area (Å²) in [6.07, 6.45) is 8.70. The van der Waals surface area contributed by atoms with Crippen molar-refractivity contribution in [3.8, 4) is 0 Å². The van der Waals surface area contributed by atoms with Crippen LogP contribution in [0.25, 0.3) is 0 Å². The molecule has 0 aliphatic heterocycles. The predicted molar refractivity (Wildman–Crippen MR) is 83.9 cm³/mol. The van der Waals surface area contributed by atoms with E-state index in [2.05, 4.69) is 36.5 Å². The average molecular weight is 269 g/mol. The third kappa shape index (κ3) is 2.11.